The molecule has 0 radical (unpaired) electrons. The standard InChI is InChI=1S/C11H9F3N2O2S/c1-16(2)8-4-3-6(19-8)5-7-9(11(12,13)14)15-18-10(7)17/h3-5H,1-2H3. The summed E-state index contributed by atoms with van der Waals surface area (Å²) in [6, 6.07) is 3.38. The second-order valence-electron chi connectivity index (χ2n) is 3.94. The Bertz CT molecular complexity index is 573. The van der Waals surface area contributed by atoms with Crippen molar-refractivity contribution in [2.75, 3.05) is 19.0 Å². The number of halogens is 3. The number of hydrogen-bond acceptors (Lipinski definition) is 5. The van der Waals surface area contributed by atoms with E-state index >= 15 is 0 Å². The zero-order chi connectivity index (χ0) is 14.2. The van der Waals surface area contributed by atoms with Gasteiger partial charge in [0, 0.05) is 19.0 Å². The molecule has 19 heavy (non-hydrogen) atoms. The van der Waals surface area contributed by atoms with Crippen LogP contribution in [-0.2, 0) is 9.63 Å². The molecule has 0 fully saturated rings. The molecule has 102 valence electrons. The van der Waals surface area contributed by atoms with Crippen LogP contribution in [0.4, 0.5) is 18.2 Å². The van der Waals surface area contributed by atoms with Crippen molar-refractivity contribution in [1.82, 2.24) is 0 Å². The quantitative estimate of drug-likeness (QED) is 0.621. The first-order valence-corrected chi connectivity index (χ1v) is 5.96. The molecule has 0 saturated carbocycles. The van der Waals surface area contributed by atoms with Gasteiger partial charge in [0.05, 0.1) is 10.6 Å². The lowest BCUT2D eigenvalue weighted by atomic mass is 10.1. The number of hydrogen-bond donors (Lipinski definition) is 0. The van der Waals surface area contributed by atoms with E-state index in [0.717, 1.165) is 11.1 Å². The molecule has 2 rings (SSSR count). The smallest absolute Gasteiger partial charge is 0.370 e. The van der Waals surface area contributed by atoms with Gasteiger partial charge in [-0.2, -0.15) is 13.2 Å². The summed E-state index contributed by atoms with van der Waals surface area (Å²) in [5, 5.41) is 3.64. The van der Waals surface area contributed by atoms with Crippen LogP contribution in [0.1, 0.15) is 4.88 Å². The molecule has 1 aromatic heterocycles. The maximum atomic E-state index is 12.6. The van der Waals surface area contributed by atoms with Crippen LogP contribution in [0, 0.1) is 0 Å². The molecule has 0 aliphatic carbocycles. The van der Waals surface area contributed by atoms with Gasteiger partial charge in [0.1, 0.15) is 0 Å². The molecule has 0 saturated heterocycles. The van der Waals surface area contributed by atoms with Crippen molar-refractivity contribution in [3.63, 3.8) is 0 Å². The minimum atomic E-state index is -4.71. The Kier molecular flexibility index (Phi) is 3.36. The number of rotatable bonds is 2. The number of carbonyl (C=O) groups is 1. The van der Waals surface area contributed by atoms with Crippen molar-refractivity contribution < 1.29 is 22.8 Å². The van der Waals surface area contributed by atoms with Crippen molar-refractivity contribution in [2.45, 2.75) is 6.18 Å². The summed E-state index contributed by atoms with van der Waals surface area (Å²) in [6.45, 7) is 0. The van der Waals surface area contributed by atoms with Gasteiger partial charge in [-0.3, -0.25) is 0 Å². The van der Waals surface area contributed by atoms with E-state index in [-0.39, 0.29) is 0 Å². The van der Waals surface area contributed by atoms with Gasteiger partial charge >= 0.3 is 12.1 Å². The molecule has 0 aromatic carbocycles. The molecule has 0 N–H and O–H groups in total. The summed E-state index contributed by atoms with van der Waals surface area (Å²) < 4.78 is 37.8. The van der Waals surface area contributed by atoms with E-state index in [1.807, 2.05) is 19.0 Å². The number of oxime groups is 1. The van der Waals surface area contributed by atoms with Gasteiger partial charge in [-0.25, -0.2) is 4.79 Å². The first-order valence-electron chi connectivity index (χ1n) is 5.15. The van der Waals surface area contributed by atoms with Gasteiger partial charge < -0.3 is 9.74 Å². The third kappa shape index (κ3) is 2.78. The molecule has 0 unspecified atom stereocenters. The van der Waals surface area contributed by atoms with Crippen LogP contribution in [0.5, 0.6) is 0 Å². The first-order chi connectivity index (χ1) is 8.79. The Labute approximate surface area is 110 Å². The minimum Gasteiger partial charge on any atom is -0.370 e. The Balaban J connectivity index is 2.35. The van der Waals surface area contributed by atoms with Crippen LogP contribution in [0.25, 0.3) is 6.08 Å². The summed E-state index contributed by atoms with van der Waals surface area (Å²) in [5.41, 5.74) is -1.86. The Hall–Kier alpha value is -1.83. The number of carbonyl (C=O) groups excluding carboxylic acids is 1. The maximum absolute atomic E-state index is 12.6. The molecule has 8 heteroatoms. The maximum Gasteiger partial charge on any atom is 0.437 e. The van der Waals surface area contributed by atoms with Crippen LogP contribution in [0.15, 0.2) is 22.9 Å². The fourth-order valence-electron chi connectivity index (χ4n) is 1.42. The molecule has 1 aliphatic rings. The highest BCUT2D eigenvalue weighted by Gasteiger charge is 2.45. The summed E-state index contributed by atoms with van der Waals surface area (Å²) in [7, 11) is 3.63. The summed E-state index contributed by atoms with van der Waals surface area (Å²) >= 11 is 1.26. The van der Waals surface area contributed by atoms with Gasteiger partial charge in [-0.15, -0.1) is 11.3 Å². The molecule has 1 aromatic rings. The van der Waals surface area contributed by atoms with Crippen molar-refractivity contribution in [1.29, 1.82) is 0 Å². The van der Waals surface area contributed by atoms with Crippen LogP contribution < -0.4 is 4.90 Å². The summed E-state index contributed by atoms with van der Waals surface area (Å²) in [6.07, 6.45) is -3.57. The second-order valence-corrected chi connectivity index (χ2v) is 5.04. The van der Waals surface area contributed by atoms with Crippen molar-refractivity contribution >= 4 is 34.1 Å². The molecule has 1 aliphatic heterocycles. The number of alkyl halides is 3. The Morgan fingerprint density at radius 3 is 2.58 bits per heavy atom. The van der Waals surface area contributed by atoms with E-state index in [9.17, 15) is 18.0 Å². The van der Waals surface area contributed by atoms with Crippen LogP contribution in [-0.4, -0.2) is 32.0 Å². The van der Waals surface area contributed by atoms with E-state index in [2.05, 4.69) is 9.99 Å². The predicted octanol–water partition coefficient (Wildman–Crippen LogP) is 2.67. The monoisotopic (exact) mass is 290 g/mol. The lowest BCUT2D eigenvalue weighted by Crippen LogP contribution is -2.24. The molecule has 0 amide bonds. The molecule has 0 atom stereocenters. The molecular weight excluding hydrogens is 281 g/mol. The highest BCUT2D eigenvalue weighted by molar-refractivity contribution is 7.17. The van der Waals surface area contributed by atoms with Crippen molar-refractivity contribution in [2.24, 2.45) is 5.16 Å². The average molecular weight is 290 g/mol. The molecular formula is C11H9F3N2O2S. The predicted molar refractivity (Wildman–Crippen MR) is 66.2 cm³/mol. The van der Waals surface area contributed by atoms with Crippen LogP contribution in [0.2, 0.25) is 0 Å². The van der Waals surface area contributed by atoms with Gasteiger partial charge in [0.15, 0.2) is 5.71 Å². The highest BCUT2D eigenvalue weighted by Crippen LogP contribution is 2.31. The largest absolute Gasteiger partial charge is 0.437 e. The third-order valence-electron chi connectivity index (χ3n) is 2.30. The van der Waals surface area contributed by atoms with Crippen molar-refractivity contribution in [3.05, 3.63) is 22.6 Å². The fourth-order valence-corrected chi connectivity index (χ4v) is 2.29. The van der Waals surface area contributed by atoms with Gasteiger partial charge in [0.2, 0.25) is 0 Å². The third-order valence-corrected chi connectivity index (χ3v) is 3.50. The number of anilines is 1. The minimum absolute atomic E-state index is 0.523. The molecule has 0 bridgehead atoms. The zero-order valence-corrected chi connectivity index (χ0v) is 10.8. The van der Waals surface area contributed by atoms with Gasteiger partial charge in [-0.1, -0.05) is 5.16 Å². The molecule has 4 nitrogen and oxygen atoms in total. The lowest BCUT2D eigenvalue weighted by Gasteiger charge is -2.07. The highest BCUT2D eigenvalue weighted by atomic mass is 32.1. The SMILES string of the molecule is CN(C)c1ccc(C=C2C(=O)ON=C2C(F)(F)F)s1. The van der Waals surface area contributed by atoms with E-state index in [1.54, 1.807) is 12.1 Å². The van der Waals surface area contributed by atoms with Gasteiger partial charge in [0.25, 0.3) is 0 Å². The summed E-state index contributed by atoms with van der Waals surface area (Å²) in [5.74, 6) is -1.09. The van der Waals surface area contributed by atoms with Crippen LogP contribution >= 0.6 is 11.3 Å². The zero-order valence-electron chi connectivity index (χ0n) is 9.99. The van der Waals surface area contributed by atoms with Crippen LogP contribution in [0.3, 0.4) is 0 Å². The fraction of sp³-hybridized carbons (Fsp3) is 0.273. The number of thiophene rings is 1. The number of nitrogens with zero attached hydrogens (tertiary/aromatic N) is 2. The topological polar surface area (TPSA) is 41.9 Å². The average Bonchev–Trinajstić information content (AvgIpc) is 2.86. The Morgan fingerprint density at radius 1 is 1.37 bits per heavy atom. The molecule has 2 heterocycles. The second kappa shape index (κ2) is 4.69. The van der Waals surface area contributed by atoms with E-state index in [4.69, 9.17) is 0 Å². The first kappa shape index (κ1) is 13.6. The van der Waals surface area contributed by atoms with E-state index in [0.29, 0.717) is 4.88 Å². The van der Waals surface area contributed by atoms with Crippen molar-refractivity contribution in [3.8, 4) is 0 Å². The van der Waals surface area contributed by atoms with E-state index < -0.39 is 23.4 Å². The van der Waals surface area contributed by atoms with E-state index in [1.165, 1.54) is 11.3 Å². The Morgan fingerprint density at radius 2 is 2.05 bits per heavy atom. The molecule has 0 spiro atoms. The van der Waals surface area contributed by atoms with Gasteiger partial charge in [-0.05, 0) is 18.2 Å². The summed E-state index contributed by atoms with van der Waals surface area (Å²) in [4.78, 5) is 17.7. The lowest BCUT2D eigenvalue weighted by molar-refractivity contribution is -0.136. The normalized spacial score (nSPS) is 17.6.